The number of rotatable bonds is 6. The standard InChI is InChI=1S/C23H21NO6/c1-3-28-17-9-8-15(12-14(17)2)21(25)19-20(18-7-5-11-30-18)24(23(27)22(19)26)13-16-6-4-10-29-16/h4-12,20,25H,3,13H2,1-2H3/b21-19-. The van der Waals surface area contributed by atoms with Crippen molar-refractivity contribution in [3.8, 4) is 5.75 Å². The second kappa shape index (κ2) is 7.94. The van der Waals surface area contributed by atoms with Crippen molar-refractivity contribution >= 4 is 17.4 Å². The van der Waals surface area contributed by atoms with Crippen LogP contribution in [0.25, 0.3) is 5.76 Å². The predicted molar refractivity (Wildman–Crippen MR) is 108 cm³/mol. The van der Waals surface area contributed by atoms with Crippen molar-refractivity contribution in [1.29, 1.82) is 0 Å². The van der Waals surface area contributed by atoms with Crippen molar-refractivity contribution in [1.82, 2.24) is 4.90 Å². The van der Waals surface area contributed by atoms with Gasteiger partial charge in [0.2, 0.25) is 0 Å². The van der Waals surface area contributed by atoms with Crippen LogP contribution in [-0.2, 0) is 16.1 Å². The molecule has 7 nitrogen and oxygen atoms in total. The molecule has 1 fully saturated rings. The number of aryl methyl sites for hydroxylation is 1. The molecule has 4 rings (SSSR count). The van der Waals surface area contributed by atoms with Crippen LogP contribution in [0.5, 0.6) is 5.75 Å². The first-order chi connectivity index (χ1) is 14.5. The maximum atomic E-state index is 12.9. The summed E-state index contributed by atoms with van der Waals surface area (Å²) in [4.78, 5) is 27.1. The average Bonchev–Trinajstić information content (AvgIpc) is 3.48. The fourth-order valence-electron chi connectivity index (χ4n) is 3.63. The van der Waals surface area contributed by atoms with Crippen LogP contribution in [0.2, 0.25) is 0 Å². The Morgan fingerprint density at radius 3 is 2.53 bits per heavy atom. The van der Waals surface area contributed by atoms with E-state index in [0.717, 1.165) is 5.56 Å². The molecular formula is C23H21NO6. The van der Waals surface area contributed by atoms with Crippen molar-refractivity contribution < 1.29 is 28.3 Å². The number of hydrogen-bond donors (Lipinski definition) is 1. The molecule has 0 bridgehead atoms. The largest absolute Gasteiger partial charge is 0.507 e. The van der Waals surface area contributed by atoms with Crippen molar-refractivity contribution in [3.63, 3.8) is 0 Å². The van der Waals surface area contributed by atoms with E-state index in [-0.39, 0.29) is 17.9 Å². The highest BCUT2D eigenvalue weighted by atomic mass is 16.5. The Hall–Kier alpha value is -3.74. The van der Waals surface area contributed by atoms with Gasteiger partial charge in [0, 0.05) is 5.56 Å². The van der Waals surface area contributed by atoms with Crippen LogP contribution in [0.1, 0.15) is 35.6 Å². The minimum Gasteiger partial charge on any atom is -0.507 e. The van der Waals surface area contributed by atoms with Crippen molar-refractivity contribution in [2.24, 2.45) is 0 Å². The maximum Gasteiger partial charge on any atom is 0.296 e. The van der Waals surface area contributed by atoms with Gasteiger partial charge in [0.05, 0.1) is 31.3 Å². The predicted octanol–water partition coefficient (Wildman–Crippen LogP) is 4.20. The van der Waals surface area contributed by atoms with E-state index in [1.807, 2.05) is 13.8 Å². The zero-order valence-electron chi connectivity index (χ0n) is 16.6. The second-order valence-corrected chi connectivity index (χ2v) is 6.94. The molecule has 7 heteroatoms. The Morgan fingerprint density at radius 2 is 1.90 bits per heavy atom. The lowest BCUT2D eigenvalue weighted by Crippen LogP contribution is -2.28. The number of Topliss-reactive ketones (excluding diaryl/α,β-unsaturated/α-hetero) is 1. The van der Waals surface area contributed by atoms with Gasteiger partial charge in [-0.1, -0.05) is 0 Å². The summed E-state index contributed by atoms with van der Waals surface area (Å²) in [6, 6.07) is 11.0. The number of amides is 1. The van der Waals surface area contributed by atoms with E-state index in [0.29, 0.717) is 29.4 Å². The summed E-state index contributed by atoms with van der Waals surface area (Å²) in [5.74, 6) is -0.169. The highest BCUT2D eigenvalue weighted by molar-refractivity contribution is 6.46. The zero-order valence-corrected chi connectivity index (χ0v) is 16.6. The molecule has 3 heterocycles. The lowest BCUT2D eigenvalue weighted by molar-refractivity contribution is -0.140. The minimum absolute atomic E-state index is 0.0231. The smallest absolute Gasteiger partial charge is 0.296 e. The van der Waals surface area contributed by atoms with Gasteiger partial charge >= 0.3 is 0 Å². The molecule has 1 atom stereocenters. The lowest BCUT2D eigenvalue weighted by Gasteiger charge is -2.22. The molecule has 0 spiro atoms. The fraction of sp³-hybridized carbons (Fsp3) is 0.217. The molecule has 0 radical (unpaired) electrons. The first kappa shape index (κ1) is 19.6. The average molecular weight is 407 g/mol. The van der Waals surface area contributed by atoms with Gasteiger partial charge in [0.25, 0.3) is 11.7 Å². The summed E-state index contributed by atoms with van der Waals surface area (Å²) in [5, 5.41) is 11.0. The Labute approximate surface area is 173 Å². The molecular weight excluding hydrogens is 386 g/mol. The highest BCUT2D eigenvalue weighted by Crippen LogP contribution is 2.40. The molecule has 1 aliphatic heterocycles. The summed E-state index contributed by atoms with van der Waals surface area (Å²) < 4.78 is 16.4. The third-order valence-corrected chi connectivity index (χ3v) is 5.01. The Balaban J connectivity index is 1.81. The summed E-state index contributed by atoms with van der Waals surface area (Å²) in [6.07, 6.45) is 2.96. The number of hydrogen-bond acceptors (Lipinski definition) is 6. The van der Waals surface area contributed by atoms with Crippen LogP contribution in [0.15, 0.2) is 69.4 Å². The number of nitrogens with zero attached hydrogens (tertiary/aromatic N) is 1. The molecule has 3 aromatic rings. The molecule has 1 saturated heterocycles. The quantitative estimate of drug-likeness (QED) is 0.374. The van der Waals surface area contributed by atoms with E-state index < -0.39 is 17.7 Å². The molecule has 2 aromatic heterocycles. The van der Waals surface area contributed by atoms with E-state index in [1.165, 1.54) is 17.4 Å². The number of furan rings is 2. The van der Waals surface area contributed by atoms with Gasteiger partial charge < -0.3 is 23.6 Å². The number of benzene rings is 1. The number of ether oxygens (including phenoxy) is 1. The fourth-order valence-corrected chi connectivity index (χ4v) is 3.63. The summed E-state index contributed by atoms with van der Waals surface area (Å²) in [7, 11) is 0. The Kier molecular flexibility index (Phi) is 5.18. The SMILES string of the molecule is CCOc1ccc(/C(O)=C2/C(=O)C(=O)N(Cc3ccco3)C2c2ccco2)cc1C. The van der Waals surface area contributed by atoms with Crippen LogP contribution in [0.3, 0.4) is 0 Å². The topological polar surface area (TPSA) is 93.1 Å². The van der Waals surface area contributed by atoms with E-state index in [9.17, 15) is 14.7 Å². The number of carbonyl (C=O) groups is 2. The van der Waals surface area contributed by atoms with Gasteiger partial charge in [0.15, 0.2) is 0 Å². The maximum absolute atomic E-state index is 12.9. The van der Waals surface area contributed by atoms with E-state index >= 15 is 0 Å². The van der Waals surface area contributed by atoms with Crippen LogP contribution >= 0.6 is 0 Å². The summed E-state index contributed by atoms with van der Waals surface area (Å²) >= 11 is 0. The number of ketones is 1. The highest BCUT2D eigenvalue weighted by Gasteiger charge is 2.47. The molecule has 1 aromatic carbocycles. The van der Waals surface area contributed by atoms with E-state index in [2.05, 4.69) is 0 Å². The van der Waals surface area contributed by atoms with E-state index in [1.54, 1.807) is 42.5 Å². The van der Waals surface area contributed by atoms with Gasteiger partial charge in [-0.25, -0.2) is 0 Å². The molecule has 154 valence electrons. The third kappa shape index (κ3) is 3.39. The van der Waals surface area contributed by atoms with Crippen LogP contribution < -0.4 is 4.74 Å². The first-order valence-electron chi connectivity index (χ1n) is 9.59. The number of aliphatic hydroxyl groups excluding tert-OH is 1. The number of aliphatic hydroxyl groups is 1. The van der Waals surface area contributed by atoms with Crippen molar-refractivity contribution in [2.45, 2.75) is 26.4 Å². The van der Waals surface area contributed by atoms with Crippen LogP contribution in [0.4, 0.5) is 0 Å². The lowest BCUT2D eigenvalue weighted by atomic mass is 9.98. The van der Waals surface area contributed by atoms with Gasteiger partial charge in [-0.15, -0.1) is 0 Å². The summed E-state index contributed by atoms with van der Waals surface area (Å²) in [6.45, 7) is 4.32. The number of carbonyl (C=O) groups excluding carboxylic acids is 2. The molecule has 30 heavy (non-hydrogen) atoms. The van der Waals surface area contributed by atoms with Gasteiger partial charge in [0.1, 0.15) is 29.1 Å². The molecule has 1 N–H and O–H groups in total. The summed E-state index contributed by atoms with van der Waals surface area (Å²) in [5.41, 5.74) is 1.20. The minimum atomic E-state index is -0.864. The normalized spacial score (nSPS) is 18.2. The van der Waals surface area contributed by atoms with E-state index in [4.69, 9.17) is 13.6 Å². The molecule has 1 amide bonds. The Morgan fingerprint density at radius 1 is 1.13 bits per heavy atom. The molecule has 1 unspecified atom stereocenters. The van der Waals surface area contributed by atoms with Crippen LogP contribution in [-0.4, -0.2) is 28.3 Å². The van der Waals surface area contributed by atoms with Gasteiger partial charge in [-0.3, -0.25) is 9.59 Å². The van der Waals surface area contributed by atoms with Gasteiger partial charge in [-0.2, -0.15) is 0 Å². The second-order valence-electron chi connectivity index (χ2n) is 6.94. The number of likely N-dealkylation sites (tertiary alicyclic amines) is 1. The Bertz CT molecular complexity index is 1090. The molecule has 0 saturated carbocycles. The van der Waals surface area contributed by atoms with Crippen molar-refractivity contribution in [3.05, 3.63) is 83.2 Å². The zero-order chi connectivity index (χ0) is 21.3. The van der Waals surface area contributed by atoms with Crippen molar-refractivity contribution in [2.75, 3.05) is 6.61 Å². The third-order valence-electron chi connectivity index (χ3n) is 5.01. The molecule has 0 aliphatic carbocycles. The molecule has 1 aliphatic rings. The van der Waals surface area contributed by atoms with Gasteiger partial charge in [-0.05, 0) is 61.9 Å². The first-order valence-corrected chi connectivity index (χ1v) is 9.59. The van der Waals surface area contributed by atoms with Crippen LogP contribution in [0, 0.1) is 6.92 Å². The monoisotopic (exact) mass is 407 g/mol.